The normalized spacial score (nSPS) is 11.8. The van der Waals surface area contributed by atoms with Gasteiger partial charge in [0.1, 0.15) is 6.33 Å². The molecule has 0 radical (unpaired) electrons. The van der Waals surface area contributed by atoms with Crippen LogP contribution in [0.3, 0.4) is 0 Å². The van der Waals surface area contributed by atoms with E-state index >= 15 is 0 Å². The minimum absolute atomic E-state index is 1.13. The Morgan fingerprint density at radius 3 is 1.90 bits per heavy atom. The zero-order valence-electron chi connectivity index (χ0n) is 4.53. The van der Waals surface area contributed by atoms with Gasteiger partial charge in [0.2, 0.25) is 0 Å². The van der Waals surface area contributed by atoms with Crippen LogP contribution in [-0.2, 0) is 8.26 Å². The Morgan fingerprint density at radius 2 is 1.90 bits per heavy atom. The summed E-state index contributed by atoms with van der Waals surface area (Å²) in [6.45, 7) is 0. The van der Waals surface area contributed by atoms with Gasteiger partial charge in [-0.3, -0.25) is 4.57 Å². The van der Waals surface area contributed by atoms with Crippen molar-refractivity contribution in [2.75, 3.05) is 0 Å². The largest absolute Gasteiger partial charge is 0.317 e. The quantitative estimate of drug-likeness (QED) is 0.595. The molecule has 10 heavy (non-hydrogen) atoms. The van der Waals surface area contributed by atoms with Crippen molar-refractivity contribution < 1.29 is 8.42 Å². The number of hydrogen-bond acceptors (Lipinski definition) is 3. The van der Waals surface area contributed by atoms with Gasteiger partial charge in [0.25, 0.3) is 0 Å². The Labute approximate surface area is 66.3 Å². The summed E-state index contributed by atoms with van der Waals surface area (Å²) in [5, 5.41) is 0. The first-order valence-electron chi connectivity index (χ1n) is 2.15. The lowest BCUT2D eigenvalue weighted by Gasteiger charge is -1.81. The third-order valence-corrected chi connectivity index (χ3v) is 0.766. The molecule has 0 aromatic carbocycles. The van der Waals surface area contributed by atoms with E-state index in [-0.39, 0.29) is 0 Å². The van der Waals surface area contributed by atoms with Crippen LogP contribution in [0.25, 0.3) is 5.82 Å². The third-order valence-electron chi connectivity index (χ3n) is 0.766. The van der Waals surface area contributed by atoms with Crippen LogP contribution in [0.15, 0.2) is 12.5 Å². The molecule has 2 aliphatic rings. The molecule has 4 nitrogen and oxygen atoms in total. The number of halogens is 2. The van der Waals surface area contributed by atoms with Crippen LogP contribution in [0, 0.1) is 0 Å². The highest BCUT2D eigenvalue weighted by molar-refractivity contribution is 8.31. The van der Waals surface area contributed by atoms with Crippen molar-refractivity contribution in [2.45, 2.75) is 0 Å². The fraction of sp³-hybridized carbons (Fsp3) is 0. The molecule has 2 rings (SSSR count). The predicted octanol–water partition coefficient (Wildman–Crippen LogP) is 0.895. The molecule has 2 aliphatic heterocycles. The molecule has 0 N–H and O–H groups in total. The van der Waals surface area contributed by atoms with Gasteiger partial charge in [-0.05, 0) is 0 Å². The molecular formula is C3H2Cl2N2O2S. The minimum Gasteiger partial charge on any atom is -0.287 e. The molecule has 56 valence electrons. The van der Waals surface area contributed by atoms with Gasteiger partial charge in [-0.2, -0.15) is 8.42 Å². The number of hydrogen-bond donors (Lipinski definition) is 0. The monoisotopic (exact) mass is 200 g/mol. The molecule has 2 heterocycles. The highest BCUT2D eigenvalue weighted by Crippen LogP contribution is 2.15. The Kier molecular flexibility index (Phi) is 1.89. The Hall–Kier alpha value is -0.260. The second kappa shape index (κ2) is 2.41. The summed E-state index contributed by atoms with van der Waals surface area (Å²) < 4.78 is 20.3. The fourth-order valence-corrected chi connectivity index (χ4v) is 0.353. The van der Waals surface area contributed by atoms with Crippen molar-refractivity contribution in [1.29, 1.82) is 0 Å². The van der Waals surface area contributed by atoms with Crippen molar-refractivity contribution in [3.05, 3.63) is 12.5 Å². The summed E-state index contributed by atoms with van der Waals surface area (Å²) in [7, 11) is 4.81. The van der Waals surface area contributed by atoms with Gasteiger partial charge in [0, 0.05) is 21.4 Å². The van der Waals surface area contributed by atoms with Crippen LogP contribution in [0.2, 0.25) is 0 Å². The number of imidazole rings is 1. The van der Waals surface area contributed by atoms with Crippen molar-refractivity contribution in [2.24, 2.45) is 0 Å². The summed E-state index contributed by atoms with van der Waals surface area (Å²) in [6, 6.07) is 0. The molecule has 0 saturated heterocycles. The standard InChI is InChI=1S/C3H2N2.Cl2O2S/c1-3-4-2-5(1)3;1-5(2,3)4/h1-2H;. The number of fused-ring (bicyclic) bond motifs is 1. The van der Waals surface area contributed by atoms with E-state index in [1.807, 2.05) is 10.8 Å². The molecule has 0 saturated carbocycles. The van der Waals surface area contributed by atoms with Crippen LogP contribution in [0.1, 0.15) is 0 Å². The first-order valence-corrected chi connectivity index (χ1v) is 5.29. The van der Waals surface area contributed by atoms with Crippen molar-refractivity contribution >= 4 is 29.6 Å². The molecular weight excluding hydrogens is 199 g/mol. The van der Waals surface area contributed by atoms with Crippen LogP contribution < -0.4 is 0 Å². The predicted molar refractivity (Wildman–Crippen MR) is 37.7 cm³/mol. The van der Waals surface area contributed by atoms with E-state index < -0.39 is 8.26 Å². The highest BCUT2D eigenvalue weighted by Gasteiger charge is 2.10. The molecule has 0 bridgehead atoms. The summed E-state index contributed by atoms with van der Waals surface area (Å²) >= 11 is 0. The molecule has 0 atom stereocenters. The lowest BCUT2D eigenvalue weighted by atomic mass is 10.9. The van der Waals surface area contributed by atoms with E-state index in [2.05, 4.69) is 26.3 Å². The smallest absolute Gasteiger partial charge is 0.287 e. The van der Waals surface area contributed by atoms with Crippen molar-refractivity contribution in [1.82, 2.24) is 9.55 Å². The molecule has 0 aliphatic carbocycles. The topological polar surface area (TPSA) is 52.0 Å². The Bertz CT molecular complexity index is 298. The highest BCUT2D eigenvalue weighted by atomic mass is 36.0. The van der Waals surface area contributed by atoms with Gasteiger partial charge in [0.05, 0.1) is 6.20 Å². The lowest BCUT2D eigenvalue weighted by molar-refractivity contribution is 0.621. The molecule has 0 fully saturated rings. The first kappa shape index (κ1) is 7.84. The maximum absolute atomic E-state index is 9.16. The average molecular weight is 201 g/mol. The minimum atomic E-state index is -3.72. The lowest BCUT2D eigenvalue weighted by Crippen LogP contribution is -1.81. The van der Waals surface area contributed by atoms with Crippen molar-refractivity contribution in [3.8, 4) is 5.82 Å². The second-order valence-corrected chi connectivity index (χ2v) is 5.19. The number of nitrogens with zero attached hydrogens (tertiary/aromatic N) is 2. The van der Waals surface area contributed by atoms with E-state index in [9.17, 15) is 0 Å². The molecule has 0 spiro atoms. The second-order valence-electron chi connectivity index (χ2n) is 1.52. The summed E-state index contributed by atoms with van der Waals surface area (Å²) in [5.74, 6) is 1.13. The van der Waals surface area contributed by atoms with Gasteiger partial charge >= 0.3 is 8.26 Å². The molecule has 7 heteroatoms. The molecule has 0 aromatic rings. The zero-order chi connectivity index (χ0) is 7.78. The number of rotatable bonds is 0. The van der Waals surface area contributed by atoms with Crippen LogP contribution in [0.4, 0.5) is 0 Å². The van der Waals surface area contributed by atoms with E-state index in [4.69, 9.17) is 8.42 Å². The van der Waals surface area contributed by atoms with E-state index in [0.29, 0.717) is 0 Å². The van der Waals surface area contributed by atoms with Gasteiger partial charge in [-0.1, -0.05) is 0 Å². The fourth-order valence-electron chi connectivity index (χ4n) is 0.353. The number of aromatic nitrogens is 2. The third kappa shape index (κ3) is 3.05. The molecule has 0 aromatic heterocycles. The van der Waals surface area contributed by atoms with Crippen LogP contribution >= 0.6 is 21.4 Å². The van der Waals surface area contributed by atoms with Gasteiger partial charge < -0.3 is 0 Å². The molecule has 0 unspecified atom stereocenters. The SMILES string of the molecule is O=S(=O)(Cl)Cl.c1nc2cn1-2. The van der Waals surface area contributed by atoms with Gasteiger partial charge in [0.15, 0.2) is 5.82 Å². The summed E-state index contributed by atoms with van der Waals surface area (Å²) in [6.07, 6.45) is 3.76. The summed E-state index contributed by atoms with van der Waals surface area (Å²) in [5.41, 5.74) is 0. The average Bonchev–Trinajstić information content (AvgIpc) is 2.06. The van der Waals surface area contributed by atoms with Crippen LogP contribution in [-0.4, -0.2) is 18.0 Å². The van der Waals surface area contributed by atoms with Gasteiger partial charge in [-0.15, -0.1) is 0 Å². The summed E-state index contributed by atoms with van der Waals surface area (Å²) in [4.78, 5) is 3.81. The van der Waals surface area contributed by atoms with Gasteiger partial charge in [-0.25, -0.2) is 4.98 Å². The van der Waals surface area contributed by atoms with Crippen molar-refractivity contribution in [3.63, 3.8) is 0 Å². The molecule has 0 amide bonds. The van der Waals surface area contributed by atoms with E-state index in [1.54, 1.807) is 6.33 Å². The Morgan fingerprint density at radius 1 is 1.50 bits per heavy atom. The van der Waals surface area contributed by atoms with E-state index in [1.165, 1.54) is 0 Å². The first-order chi connectivity index (χ1) is 4.47. The van der Waals surface area contributed by atoms with Crippen LogP contribution in [0.5, 0.6) is 0 Å². The Balaban J connectivity index is 0.0000001000. The maximum atomic E-state index is 9.16. The van der Waals surface area contributed by atoms with E-state index in [0.717, 1.165) is 5.82 Å². The maximum Gasteiger partial charge on any atom is 0.317 e. The zero-order valence-corrected chi connectivity index (χ0v) is 6.86.